The first-order valence-corrected chi connectivity index (χ1v) is 5.70. The summed E-state index contributed by atoms with van der Waals surface area (Å²) in [6, 6.07) is 5.50. The number of esters is 1. The van der Waals surface area contributed by atoms with Gasteiger partial charge in [0.1, 0.15) is 0 Å². The topological polar surface area (TPSA) is 41.9 Å². The van der Waals surface area contributed by atoms with Gasteiger partial charge in [0, 0.05) is 11.1 Å². The summed E-state index contributed by atoms with van der Waals surface area (Å²) in [5.41, 5.74) is 3.60. The summed E-state index contributed by atoms with van der Waals surface area (Å²) in [7, 11) is 1.39. The molecule has 90 valence electrons. The molecule has 0 amide bonds. The summed E-state index contributed by atoms with van der Waals surface area (Å²) in [5, 5.41) is 6.27. The third-order valence-electron chi connectivity index (χ3n) is 3.03. The van der Waals surface area contributed by atoms with Gasteiger partial charge in [0.25, 0.3) is 0 Å². The van der Waals surface area contributed by atoms with Crippen LogP contribution in [-0.2, 0) is 4.74 Å². The molecule has 2 aliphatic rings. The minimum atomic E-state index is -0.321. The lowest BCUT2D eigenvalue weighted by Crippen LogP contribution is -2.22. The number of carbonyl (C=O) groups is 1. The average Bonchev–Trinajstić information content (AvgIpc) is 2.45. The van der Waals surface area contributed by atoms with Gasteiger partial charge in [0.05, 0.1) is 31.1 Å². The Hall–Kier alpha value is -2.36. The monoisotopic (exact) mass is 240 g/mol. The molecule has 0 unspecified atom stereocenters. The fraction of sp³-hybridized carbons (Fsp3) is 0.143. The number of hydrazone groups is 1. The van der Waals surface area contributed by atoms with Crippen LogP contribution in [0, 0.1) is 0 Å². The molecule has 0 saturated heterocycles. The summed E-state index contributed by atoms with van der Waals surface area (Å²) >= 11 is 0. The minimum absolute atomic E-state index is 0.321. The second-order valence-corrected chi connectivity index (χ2v) is 4.10. The molecule has 0 atom stereocenters. The van der Waals surface area contributed by atoms with Crippen LogP contribution in [0.25, 0.3) is 5.70 Å². The largest absolute Gasteiger partial charge is 0.465 e. The van der Waals surface area contributed by atoms with Crippen molar-refractivity contribution in [3.63, 3.8) is 0 Å². The summed E-state index contributed by atoms with van der Waals surface area (Å²) in [5.74, 6) is -0.321. The zero-order chi connectivity index (χ0) is 12.5. The number of allylic oxidation sites excluding steroid dienone is 2. The molecule has 0 spiro atoms. The zero-order valence-corrected chi connectivity index (χ0v) is 9.96. The first-order chi connectivity index (χ1) is 8.79. The van der Waals surface area contributed by atoms with Gasteiger partial charge in [-0.25, -0.2) is 4.79 Å². The maximum atomic E-state index is 11.6. The van der Waals surface area contributed by atoms with Crippen LogP contribution in [0.4, 0.5) is 0 Å². The van der Waals surface area contributed by atoms with Crippen molar-refractivity contribution in [2.75, 3.05) is 13.7 Å². The molecule has 1 aromatic carbocycles. The van der Waals surface area contributed by atoms with Gasteiger partial charge in [0.2, 0.25) is 0 Å². The molecule has 0 saturated carbocycles. The Bertz CT molecular complexity index is 600. The molecular weight excluding hydrogens is 228 g/mol. The van der Waals surface area contributed by atoms with E-state index in [9.17, 15) is 4.79 Å². The van der Waals surface area contributed by atoms with Crippen LogP contribution < -0.4 is 0 Å². The summed E-state index contributed by atoms with van der Waals surface area (Å²) in [6.07, 6.45) is 7.85. The second-order valence-electron chi connectivity index (χ2n) is 4.10. The van der Waals surface area contributed by atoms with Gasteiger partial charge in [-0.2, -0.15) is 5.10 Å². The first-order valence-electron chi connectivity index (χ1n) is 5.70. The van der Waals surface area contributed by atoms with Crippen LogP contribution in [0.3, 0.4) is 0 Å². The van der Waals surface area contributed by atoms with Crippen LogP contribution >= 0.6 is 0 Å². The van der Waals surface area contributed by atoms with Crippen molar-refractivity contribution < 1.29 is 9.53 Å². The van der Waals surface area contributed by atoms with E-state index in [0.29, 0.717) is 5.56 Å². The fourth-order valence-electron chi connectivity index (χ4n) is 2.11. The number of ether oxygens (including phenoxy) is 1. The van der Waals surface area contributed by atoms with E-state index in [1.54, 1.807) is 6.07 Å². The number of rotatable bonds is 1. The van der Waals surface area contributed by atoms with Crippen molar-refractivity contribution in [3.8, 4) is 0 Å². The molecule has 0 fully saturated rings. The van der Waals surface area contributed by atoms with Gasteiger partial charge >= 0.3 is 5.97 Å². The highest BCUT2D eigenvalue weighted by atomic mass is 16.5. The van der Waals surface area contributed by atoms with E-state index in [4.69, 9.17) is 4.74 Å². The number of hydrogen-bond donors (Lipinski definition) is 0. The number of benzene rings is 1. The Morgan fingerprint density at radius 1 is 1.44 bits per heavy atom. The van der Waals surface area contributed by atoms with E-state index in [2.05, 4.69) is 5.10 Å². The predicted octanol–water partition coefficient (Wildman–Crippen LogP) is 2.03. The Morgan fingerprint density at radius 2 is 2.33 bits per heavy atom. The Kier molecular flexibility index (Phi) is 2.48. The molecular formula is C14H12N2O2. The van der Waals surface area contributed by atoms with Crippen molar-refractivity contribution in [1.29, 1.82) is 0 Å². The highest BCUT2D eigenvalue weighted by Gasteiger charge is 2.20. The normalized spacial score (nSPS) is 15.8. The summed E-state index contributed by atoms with van der Waals surface area (Å²) < 4.78 is 4.74. The van der Waals surface area contributed by atoms with E-state index in [1.807, 2.05) is 41.6 Å². The maximum absolute atomic E-state index is 11.6. The average molecular weight is 240 g/mol. The van der Waals surface area contributed by atoms with Gasteiger partial charge < -0.3 is 4.74 Å². The summed E-state index contributed by atoms with van der Waals surface area (Å²) in [4.78, 5) is 11.6. The van der Waals surface area contributed by atoms with Gasteiger partial charge in [-0.1, -0.05) is 18.2 Å². The molecule has 0 aromatic heterocycles. The Labute approximate surface area is 105 Å². The van der Waals surface area contributed by atoms with Crippen LogP contribution in [0.15, 0.2) is 41.5 Å². The van der Waals surface area contributed by atoms with Gasteiger partial charge in [-0.15, -0.1) is 0 Å². The number of hydrogen-bond acceptors (Lipinski definition) is 4. The highest BCUT2D eigenvalue weighted by molar-refractivity contribution is 5.96. The zero-order valence-electron chi connectivity index (χ0n) is 9.96. The molecule has 4 nitrogen and oxygen atoms in total. The highest BCUT2D eigenvalue weighted by Crippen LogP contribution is 2.29. The molecule has 4 heteroatoms. The van der Waals surface area contributed by atoms with Crippen molar-refractivity contribution in [1.82, 2.24) is 5.01 Å². The first kappa shape index (κ1) is 10.8. The second kappa shape index (κ2) is 4.14. The third-order valence-corrected chi connectivity index (χ3v) is 3.03. The van der Waals surface area contributed by atoms with Crippen molar-refractivity contribution >= 4 is 17.9 Å². The standard InChI is InChI=1S/C14H12N2O2/c1-18-14(17)10-5-6-11-9-15-16-7-3-2-4-13(16)12(11)8-10/h2-6,8-9H,7H2,1H3. The van der Waals surface area contributed by atoms with Crippen LogP contribution in [0.2, 0.25) is 0 Å². The number of methoxy groups -OCH3 is 1. The van der Waals surface area contributed by atoms with Crippen LogP contribution in [-0.4, -0.2) is 30.8 Å². The summed E-state index contributed by atoms with van der Waals surface area (Å²) in [6.45, 7) is 0.754. The predicted molar refractivity (Wildman–Crippen MR) is 69.2 cm³/mol. The lowest BCUT2D eigenvalue weighted by atomic mass is 9.99. The smallest absolute Gasteiger partial charge is 0.337 e. The molecule has 18 heavy (non-hydrogen) atoms. The van der Waals surface area contributed by atoms with E-state index in [-0.39, 0.29) is 5.97 Å². The molecule has 2 heterocycles. The quantitative estimate of drug-likeness (QED) is 0.705. The number of fused-ring (bicyclic) bond motifs is 3. The fourth-order valence-corrected chi connectivity index (χ4v) is 2.11. The maximum Gasteiger partial charge on any atom is 0.337 e. The number of carbonyl (C=O) groups excluding carboxylic acids is 1. The molecule has 0 aliphatic carbocycles. The SMILES string of the molecule is COC(=O)c1ccc2c(c1)C1=CC=CCN1N=C2. The van der Waals surface area contributed by atoms with Crippen molar-refractivity contribution in [3.05, 3.63) is 53.1 Å². The van der Waals surface area contributed by atoms with E-state index in [0.717, 1.165) is 23.4 Å². The van der Waals surface area contributed by atoms with Crippen LogP contribution in [0.1, 0.15) is 21.5 Å². The van der Waals surface area contributed by atoms with Crippen LogP contribution in [0.5, 0.6) is 0 Å². The molecule has 1 aromatic rings. The van der Waals surface area contributed by atoms with E-state index in [1.165, 1.54) is 7.11 Å². The van der Waals surface area contributed by atoms with Gasteiger partial charge in [-0.05, 0) is 18.2 Å². The third kappa shape index (κ3) is 1.62. The molecule has 0 bridgehead atoms. The van der Waals surface area contributed by atoms with Crippen molar-refractivity contribution in [2.24, 2.45) is 5.10 Å². The Morgan fingerprint density at radius 3 is 3.17 bits per heavy atom. The Balaban J connectivity index is 2.12. The molecule has 2 aliphatic heterocycles. The number of nitrogens with zero attached hydrogens (tertiary/aromatic N) is 2. The van der Waals surface area contributed by atoms with Gasteiger partial charge in [0.15, 0.2) is 0 Å². The minimum Gasteiger partial charge on any atom is -0.465 e. The van der Waals surface area contributed by atoms with E-state index < -0.39 is 0 Å². The molecule has 0 N–H and O–H groups in total. The van der Waals surface area contributed by atoms with Gasteiger partial charge in [-0.3, -0.25) is 5.01 Å². The molecule has 3 rings (SSSR count). The van der Waals surface area contributed by atoms with E-state index >= 15 is 0 Å². The van der Waals surface area contributed by atoms with Crippen molar-refractivity contribution in [2.45, 2.75) is 0 Å². The lowest BCUT2D eigenvalue weighted by molar-refractivity contribution is 0.0600. The lowest BCUT2D eigenvalue weighted by Gasteiger charge is -2.27. The molecule has 0 radical (unpaired) electrons.